The number of aromatic nitrogens is 1. The monoisotopic (exact) mass is 410 g/mol. The average molecular weight is 410 g/mol. The zero-order valence-electron chi connectivity index (χ0n) is 11.8. The number of nitrogens with one attached hydrogen (secondary N) is 1. The maximum Gasteiger partial charge on any atom is 0.189 e. The molecule has 0 bridgehead atoms. The fourth-order valence-electron chi connectivity index (χ4n) is 2.28. The Hall–Kier alpha value is -0.410. The molecule has 20 heavy (non-hydrogen) atoms. The minimum atomic E-state index is 0. The first-order valence-electron chi connectivity index (χ1n) is 6.76. The van der Waals surface area contributed by atoms with E-state index in [0.717, 1.165) is 10.7 Å². The molecule has 0 saturated heterocycles. The van der Waals surface area contributed by atoms with Crippen molar-refractivity contribution < 1.29 is 4.74 Å². The largest absolute Gasteiger partial charge is 0.378 e. The van der Waals surface area contributed by atoms with Crippen LogP contribution in [0.15, 0.2) is 10.4 Å². The summed E-state index contributed by atoms with van der Waals surface area (Å²) in [5.41, 5.74) is 6.86. The van der Waals surface area contributed by atoms with Gasteiger partial charge >= 0.3 is 0 Å². The van der Waals surface area contributed by atoms with Gasteiger partial charge in [-0.2, -0.15) is 0 Å². The molecule has 0 spiro atoms. The lowest BCUT2D eigenvalue weighted by Gasteiger charge is -2.23. The summed E-state index contributed by atoms with van der Waals surface area (Å²) in [6.07, 6.45) is 6.32. The molecule has 0 unspecified atom stereocenters. The van der Waals surface area contributed by atoms with Crippen LogP contribution in [0, 0.1) is 0 Å². The quantitative estimate of drug-likeness (QED) is 0.445. The molecule has 1 aliphatic rings. The number of nitrogens with zero attached hydrogens (tertiary/aromatic N) is 2. The van der Waals surface area contributed by atoms with Gasteiger partial charge in [0, 0.05) is 18.5 Å². The van der Waals surface area contributed by atoms with Crippen LogP contribution in [0.4, 0.5) is 0 Å². The van der Waals surface area contributed by atoms with Crippen molar-refractivity contribution in [2.75, 3.05) is 7.11 Å². The van der Waals surface area contributed by atoms with E-state index in [-0.39, 0.29) is 24.0 Å². The molecule has 1 aromatic rings. The average Bonchev–Trinajstić information content (AvgIpc) is 2.86. The summed E-state index contributed by atoms with van der Waals surface area (Å²) in [6, 6.07) is 0.497. The van der Waals surface area contributed by atoms with Crippen molar-refractivity contribution in [1.29, 1.82) is 0 Å². The Morgan fingerprint density at radius 3 is 2.95 bits per heavy atom. The molecular weight excluding hydrogens is 387 g/mol. The van der Waals surface area contributed by atoms with Gasteiger partial charge in [-0.3, -0.25) is 0 Å². The van der Waals surface area contributed by atoms with Gasteiger partial charge < -0.3 is 15.8 Å². The number of halogens is 1. The van der Waals surface area contributed by atoms with Gasteiger partial charge in [0.15, 0.2) is 5.96 Å². The van der Waals surface area contributed by atoms with E-state index < -0.39 is 0 Å². The first-order valence-corrected chi connectivity index (χ1v) is 7.64. The second kappa shape index (κ2) is 9.51. The minimum Gasteiger partial charge on any atom is -0.378 e. The lowest BCUT2D eigenvalue weighted by molar-refractivity contribution is 0.184. The van der Waals surface area contributed by atoms with Crippen molar-refractivity contribution in [1.82, 2.24) is 10.3 Å². The molecule has 7 heteroatoms. The number of hydrogen-bond acceptors (Lipinski definition) is 4. The molecule has 3 N–H and O–H groups in total. The third-order valence-electron chi connectivity index (χ3n) is 3.24. The lowest BCUT2D eigenvalue weighted by atomic mass is 9.96. The van der Waals surface area contributed by atoms with Gasteiger partial charge in [0.25, 0.3) is 0 Å². The van der Waals surface area contributed by atoms with E-state index in [2.05, 4.69) is 15.3 Å². The summed E-state index contributed by atoms with van der Waals surface area (Å²) < 4.78 is 5.04. The molecule has 1 heterocycles. The molecule has 0 aromatic carbocycles. The Morgan fingerprint density at radius 1 is 1.50 bits per heavy atom. The number of nitrogens with two attached hydrogens (primary N) is 1. The van der Waals surface area contributed by atoms with Gasteiger partial charge in [0.05, 0.1) is 18.8 Å². The molecule has 0 atom stereocenters. The summed E-state index contributed by atoms with van der Waals surface area (Å²) in [5.74, 6) is 0.535. The van der Waals surface area contributed by atoms with Gasteiger partial charge in [0.2, 0.25) is 0 Å². The Balaban J connectivity index is 0.00000200. The number of aliphatic imine (C=N–C) groups is 1. The molecule has 0 amide bonds. The Kier molecular flexibility index (Phi) is 8.39. The van der Waals surface area contributed by atoms with Gasteiger partial charge in [-0.1, -0.05) is 19.3 Å². The molecule has 2 rings (SSSR count). The van der Waals surface area contributed by atoms with Gasteiger partial charge in [-0.15, -0.1) is 35.3 Å². The van der Waals surface area contributed by atoms with Crippen molar-refractivity contribution >= 4 is 41.3 Å². The van der Waals surface area contributed by atoms with Crippen molar-refractivity contribution in [2.45, 2.75) is 51.3 Å². The van der Waals surface area contributed by atoms with Crippen LogP contribution in [0.2, 0.25) is 0 Å². The fraction of sp³-hybridized carbons (Fsp3) is 0.692. The summed E-state index contributed by atoms with van der Waals surface area (Å²) in [5, 5.41) is 6.28. The first-order chi connectivity index (χ1) is 9.28. The second-order valence-electron chi connectivity index (χ2n) is 4.85. The third kappa shape index (κ3) is 5.92. The summed E-state index contributed by atoms with van der Waals surface area (Å²) in [4.78, 5) is 8.77. The minimum absolute atomic E-state index is 0. The molecular formula is C13H23IN4OS. The highest BCUT2D eigenvalue weighted by molar-refractivity contribution is 14.0. The van der Waals surface area contributed by atoms with E-state index in [1.807, 2.05) is 5.38 Å². The maximum absolute atomic E-state index is 5.91. The van der Waals surface area contributed by atoms with E-state index in [4.69, 9.17) is 10.5 Å². The van der Waals surface area contributed by atoms with Crippen molar-refractivity contribution in [3.63, 3.8) is 0 Å². The fourth-order valence-corrected chi connectivity index (χ4v) is 3.03. The Morgan fingerprint density at radius 2 is 2.25 bits per heavy atom. The second-order valence-corrected chi connectivity index (χ2v) is 5.79. The highest BCUT2D eigenvalue weighted by atomic mass is 127. The molecule has 1 aliphatic carbocycles. The lowest BCUT2D eigenvalue weighted by Crippen LogP contribution is -2.41. The van der Waals surface area contributed by atoms with Crippen LogP contribution in [0.3, 0.4) is 0 Å². The van der Waals surface area contributed by atoms with Crippen molar-refractivity contribution in [3.8, 4) is 0 Å². The van der Waals surface area contributed by atoms with Crippen molar-refractivity contribution in [2.24, 2.45) is 10.7 Å². The zero-order valence-corrected chi connectivity index (χ0v) is 14.9. The van der Waals surface area contributed by atoms with Crippen LogP contribution >= 0.6 is 35.3 Å². The van der Waals surface area contributed by atoms with Gasteiger partial charge in [-0.05, 0) is 12.8 Å². The zero-order chi connectivity index (χ0) is 13.5. The molecule has 5 nitrogen and oxygen atoms in total. The van der Waals surface area contributed by atoms with Crippen LogP contribution in [0.5, 0.6) is 0 Å². The van der Waals surface area contributed by atoms with Crippen LogP contribution in [0.25, 0.3) is 0 Å². The number of hydrogen-bond donors (Lipinski definition) is 2. The van der Waals surface area contributed by atoms with Crippen molar-refractivity contribution in [3.05, 3.63) is 16.1 Å². The molecule has 114 valence electrons. The highest BCUT2D eigenvalue weighted by Crippen LogP contribution is 2.17. The predicted octanol–water partition coefficient (Wildman–Crippen LogP) is 2.64. The van der Waals surface area contributed by atoms with E-state index in [9.17, 15) is 0 Å². The van der Waals surface area contributed by atoms with E-state index in [1.54, 1.807) is 18.4 Å². The SMILES string of the molecule is COCc1nc(CN=C(N)NC2CCCCC2)cs1.I. The molecule has 1 saturated carbocycles. The number of ether oxygens (including phenoxy) is 1. The normalized spacial score (nSPS) is 16.8. The van der Waals surface area contributed by atoms with Gasteiger partial charge in [-0.25, -0.2) is 9.98 Å². The van der Waals surface area contributed by atoms with E-state index in [0.29, 0.717) is 25.2 Å². The Bertz CT molecular complexity index is 418. The predicted molar refractivity (Wildman–Crippen MR) is 93.6 cm³/mol. The number of guanidine groups is 1. The van der Waals surface area contributed by atoms with Crippen LogP contribution in [-0.2, 0) is 17.9 Å². The Labute approximate surface area is 141 Å². The standard InChI is InChI=1S/C13H22N4OS.HI/c1-18-8-12-16-11(9-19-12)7-15-13(14)17-10-5-3-2-4-6-10;/h9-10H,2-8H2,1H3,(H3,14,15,17);1H. The highest BCUT2D eigenvalue weighted by Gasteiger charge is 2.13. The third-order valence-corrected chi connectivity index (χ3v) is 4.11. The molecule has 1 aromatic heterocycles. The molecule has 0 radical (unpaired) electrons. The number of rotatable bonds is 5. The first kappa shape index (κ1) is 17.6. The van der Waals surface area contributed by atoms with Crippen LogP contribution in [-0.4, -0.2) is 24.1 Å². The maximum atomic E-state index is 5.91. The van der Waals surface area contributed by atoms with E-state index in [1.165, 1.54) is 32.1 Å². The number of thiazole rings is 1. The van der Waals surface area contributed by atoms with E-state index >= 15 is 0 Å². The smallest absolute Gasteiger partial charge is 0.189 e. The van der Waals surface area contributed by atoms with Gasteiger partial charge in [0.1, 0.15) is 5.01 Å². The summed E-state index contributed by atoms with van der Waals surface area (Å²) >= 11 is 1.59. The van der Waals surface area contributed by atoms with Crippen LogP contribution in [0.1, 0.15) is 42.8 Å². The topological polar surface area (TPSA) is 72.5 Å². The number of methoxy groups -OCH3 is 1. The molecule has 1 fully saturated rings. The summed E-state index contributed by atoms with van der Waals surface area (Å²) in [7, 11) is 1.67. The molecule has 0 aliphatic heterocycles. The van der Waals surface area contributed by atoms with Crippen LogP contribution < -0.4 is 11.1 Å². The summed E-state index contributed by atoms with van der Waals surface area (Å²) in [6.45, 7) is 1.09.